The fourth-order valence-electron chi connectivity index (χ4n) is 0.705. The molecule has 0 fully saturated rings. The van der Waals surface area contributed by atoms with E-state index in [2.05, 4.69) is 5.32 Å². The van der Waals surface area contributed by atoms with Crippen molar-refractivity contribution in [3.05, 3.63) is 0 Å². The van der Waals surface area contributed by atoms with Crippen LogP contribution in [0.2, 0.25) is 0 Å². The second-order valence-corrected chi connectivity index (χ2v) is 2.55. The third-order valence-electron chi connectivity index (χ3n) is 1.36. The van der Waals surface area contributed by atoms with Gasteiger partial charge in [-0.3, -0.25) is 4.79 Å². The quantitative estimate of drug-likeness (QED) is 0.587. The van der Waals surface area contributed by atoms with Gasteiger partial charge in [-0.15, -0.1) is 0 Å². The minimum absolute atomic E-state index is 0.0162. The number of nitrogens with one attached hydrogen (secondary N) is 1. The molecule has 3 N–H and O–H groups in total. The maximum Gasteiger partial charge on any atom is 0.234 e. The van der Waals surface area contributed by atoms with Crippen molar-refractivity contribution in [2.24, 2.45) is 5.73 Å². The predicted molar refractivity (Wildman–Crippen MR) is 41.5 cm³/mol. The highest BCUT2D eigenvalue weighted by molar-refractivity contribution is 5.79. The Morgan fingerprint density at radius 3 is 2.64 bits per heavy atom. The van der Waals surface area contributed by atoms with Crippen molar-refractivity contribution in [1.82, 2.24) is 5.32 Å². The molecule has 4 nitrogen and oxygen atoms in total. The van der Waals surface area contributed by atoms with Gasteiger partial charge in [0.15, 0.2) is 0 Å². The van der Waals surface area contributed by atoms with Gasteiger partial charge in [0.05, 0.1) is 18.5 Å². The van der Waals surface area contributed by atoms with Crippen LogP contribution in [0.5, 0.6) is 0 Å². The van der Waals surface area contributed by atoms with Gasteiger partial charge in [-0.2, -0.15) is 5.26 Å². The van der Waals surface area contributed by atoms with Gasteiger partial charge >= 0.3 is 0 Å². The third kappa shape index (κ3) is 4.34. The number of hydrogen-bond acceptors (Lipinski definition) is 3. The summed E-state index contributed by atoms with van der Waals surface area (Å²) >= 11 is 0. The highest BCUT2D eigenvalue weighted by Gasteiger charge is 2.10. The van der Waals surface area contributed by atoms with Crippen LogP contribution < -0.4 is 11.1 Å². The van der Waals surface area contributed by atoms with Crippen molar-refractivity contribution in [2.45, 2.75) is 32.4 Å². The lowest BCUT2D eigenvalue weighted by molar-refractivity contribution is -0.119. The fraction of sp³-hybridized carbons (Fsp3) is 0.714. The Bertz CT molecular complexity index is 173. The first kappa shape index (κ1) is 9.92. The molecule has 0 rings (SSSR count). The van der Waals surface area contributed by atoms with Crippen molar-refractivity contribution in [1.29, 1.82) is 5.26 Å². The van der Waals surface area contributed by atoms with Crippen LogP contribution in [-0.2, 0) is 4.79 Å². The van der Waals surface area contributed by atoms with Crippen LogP contribution in [0.1, 0.15) is 20.3 Å². The zero-order valence-corrected chi connectivity index (χ0v) is 6.79. The zero-order chi connectivity index (χ0) is 8.85. The molecule has 0 aliphatic heterocycles. The Morgan fingerprint density at radius 1 is 1.73 bits per heavy atom. The fourth-order valence-corrected chi connectivity index (χ4v) is 0.705. The van der Waals surface area contributed by atoms with Gasteiger partial charge in [0.1, 0.15) is 0 Å². The number of carbonyl (C=O) groups excluding carboxylic acids is 1. The van der Waals surface area contributed by atoms with Crippen molar-refractivity contribution in [3.8, 4) is 6.07 Å². The first-order valence-electron chi connectivity index (χ1n) is 3.50. The molecule has 0 spiro atoms. The zero-order valence-electron chi connectivity index (χ0n) is 6.79. The van der Waals surface area contributed by atoms with E-state index in [0.29, 0.717) is 6.42 Å². The summed E-state index contributed by atoms with van der Waals surface area (Å²) in [5.74, 6) is -0.394. The molecule has 62 valence electrons. The second kappa shape index (κ2) is 4.69. The summed E-state index contributed by atoms with van der Waals surface area (Å²) in [5.41, 5.74) is 5.00. The van der Waals surface area contributed by atoms with Crippen LogP contribution in [0.15, 0.2) is 0 Å². The summed E-state index contributed by atoms with van der Waals surface area (Å²) in [6, 6.07) is 1.65. The number of carbonyl (C=O) groups is 1. The highest BCUT2D eigenvalue weighted by atomic mass is 16.1. The Balaban J connectivity index is 3.67. The lowest BCUT2D eigenvalue weighted by atomic mass is 10.2. The maximum atomic E-state index is 10.5. The van der Waals surface area contributed by atoms with E-state index >= 15 is 0 Å². The number of nitrogens with zero attached hydrogens (tertiary/aromatic N) is 1. The first-order chi connectivity index (χ1) is 5.07. The molecule has 0 radical (unpaired) electrons. The summed E-state index contributed by atoms with van der Waals surface area (Å²) in [5, 5.41) is 11.2. The summed E-state index contributed by atoms with van der Waals surface area (Å²) in [7, 11) is 0. The molecule has 0 heterocycles. The minimum Gasteiger partial charge on any atom is -0.368 e. The number of amides is 1. The van der Waals surface area contributed by atoms with Crippen LogP contribution in [0.25, 0.3) is 0 Å². The summed E-state index contributed by atoms with van der Waals surface area (Å²) < 4.78 is 0. The smallest absolute Gasteiger partial charge is 0.234 e. The standard InChI is InChI=1S/C7H13N3O/c1-5(3-4-8)10-6(2)7(9)11/h5-6,10H,3H2,1-2H3,(H2,9,11). The van der Waals surface area contributed by atoms with Crippen molar-refractivity contribution in [3.63, 3.8) is 0 Å². The number of nitriles is 1. The summed E-state index contributed by atoms with van der Waals surface area (Å²) in [6.45, 7) is 3.51. The largest absolute Gasteiger partial charge is 0.368 e. The van der Waals surface area contributed by atoms with E-state index < -0.39 is 5.91 Å². The van der Waals surface area contributed by atoms with E-state index in [1.807, 2.05) is 13.0 Å². The van der Waals surface area contributed by atoms with Gasteiger partial charge in [0.25, 0.3) is 0 Å². The molecule has 2 atom stereocenters. The third-order valence-corrected chi connectivity index (χ3v) is 1.36. The van der Waals surface area contributed by atoms with Gasteiger partial charge in [0, 0.05) is 6.04 Å². The average molecular weight is 155 g/mol. The van der Waals surface area contributed by atoms with Crippen molar-refractivity contribution >= 4 is 5.91 Å². The molecule has 0 aromatic heterocycles. The summed E-state index contributed by atoms with van der Waals surface area (Å²) in [6.07, 6.45) is 0.387. The predicted octanol–water partition coefficient (Wildman–Crippen LogP) is -0.248. The second-order valence-electron chi connectivity index (χ2n) is 2.55. The van der Waals surface area contributed by atoms with E-state index in [0.717, 1.165) is 0 Å². The molecule has 0 bridgehead atoms. The van der Waals surface area contributed by atoms with Crippen LogP contribution in [-0.4, -0.2) is 18.0 Å². The lowest BCUT2D eigenvalue weighted by Crippen LogP contribution is -2.43. The maximum absolute atomic E-state index is 10.5. The van der Waals surface area contributed by atoms with E-state index in [1.54, 1.807) is 6.92 Å². The normalized spacial score (nSPS) is 15.0. The van der Waals surface area contributed by atoms with Crippen LogP contribution >= 0.6 is 0 Å². The average Bonchev–Trinajstić information content (AvgIpc) is 1.87. The molecular weight excluding hydrogens is 142 g/mol. The molecule has 0 saturated carbocycles. The molecule has 2 unspecified atom stereocenters. The van der Waals surface area contributed by atoms with Crippen molar-refractivity contribution < 1.29 is 4.79 Å². The topological polar surface area (TPSA) is 78.9 Å². The van der Waals surface area contributed by atoms with Crippen molar-refractivity contribution in [2.75, 3.05) is 0 Å². The molecule has 0 aromatic rings. The number of rotatable bonds is 4. The van der Waals surface area contributed by atoms with Crippen LogP contribution in [0.3, 0.4) is 0 Å². The lowest BCUT2D eigenvalue weighted by Gasteiger charge is -2.14. The number of primary amides is 1. The molecule has 1 amide bonds. The van der Waals surface area contributed by atoms with E-state index in [-0.39, 0.29) is 12.1 Å². The SMILES string of the molecule is CC(CC#N)NC(C)C(N)=O. The molecule has 11 heavy (non-hydrogen) atoms. The summed E-state index contributed by atoms with van der Waals surface area (Å²) in [4.78, 5) is 10.5. The molecule has 0 aliphatic carbocycles. The Kier molecular flexibility index (Phi) is 4.23. The van der Waals surface area contributed by atoms with E-state index in [4.69, 9.17) is 11.0 Å². The number of nitrogens with two attached hydrogens (primary N) is 1. The molecule has 0 aromatic carbocycles. The van der Waals surface area contributed by atoms with E-state index in [1.165, 1.54) is 0 Å². The van der Waals surface area contributed by atoms with Gasteiger partial charge in [-0.25, -0.2) is 0 Å². The number of hydrogen-bond donors (Lipinski definition) is 2. The molecule has 0 aliphatic rings. The van der Waals surface area contributed by atoms with Gasteiger partial charge in [0.2, 0.25) is 5.91 Å². The van der Waals surface area contributed by atoms with E-state index in [9.17, 15) is 4.79 Å². The Morgan fingerprint density at radius 2 is 2.27 bits per heavy atom. The Hall–Kier alpha value is -1.08. The van der Waals surface area contributed by atoms with Gasteiger partial charge in [-0.05, 0) is 13.8 Å². The molecule has 4 heteroatoms. The Labute approximate surface area is 66.4 Å². The van der Waals surface area contributed by atoms with Gasteiger partial charge < -0.3 is 11.1 Å². The first-order valence-corrected chi connectivity index (χ1v) is 3.50. The van der Waals surface area contributed by atoms with Gasteiger partial charge in [-0.1, -0.05) is 0 Å². The van der Waals surface area contributed by atoms with Crippen LogP contribution in [0, 0.1) is 11.3 Å². The highest BCUT2D eigenvalue weighted by Crippen LogP contribution is 1.90. The monoisotopic (exact) mass is 155 g/mol. The molecular formula is C7H13N3O. The minimum atomic E-state index is -0.394. The van der Waals surface area contributed by atoms with Crippen LogP contribution in [0.4, 0.5) is 0 Å². The molecule has 0 saturated heterocycles.